The van der Waals surface area contributed by atoms with Gasteiger partial charge in [0.1, 0.15) is 0 Å². The van der Waals surface area contributed by atoms with Crippen LogP contribution >= 0.6 is 11.6 Å². The summed E-state index contributed by atoms with van der Waals surface area (Å²) in [5.41, 5.74) is 1.86. The summed E-state index contributed by atoms with van der Waals surface area (Å²) in [6, 6.07) is 5.51. The smallest absolute Gasteiger partial charge is 0.0684 e. The van der Waals surface area contributed by atoms with Crippen molar-refractivity contribution in [3.63, 3.8) is 0 Å². The fourth-order valence-electron chi connectivity index (χ4n) is 0.823. The van der Waals surface area contributed by atoms with Crippen molar-refractivity contribution in [2.75, 3.05) is 0 Å². The lowest BCUT2D eigenvalue weighted by Gasteiger charge is -2.01. The van der Waals surface area contributed by atoms with Gasteiger partial charge in [-0.1, -0.05) is 37.6 Å². The third-order valence-corrected chi connectivity index (χ3v) is 1.96. The monoisotopic (exact) mass is 186 g/mol. The summed E-state index contributed by atoms with van der Waals surface area (Å²) in [5, 5.41) is 9.50. The van der Waals surface area contributed by atoms with Crippen molar-refractivity contribution in [2.45, 2.75) is 27.4 Å². The third-order valence-electron chi connectivity index (χ3n) is 1.55. The van der Waals surface area contributed by atoms with E-state index in [1.165, 1.54) is 0 Å². The van der Waals surface area contributed by atoms with E-state index in [1.807, 2.05) is 39.0 Å². The Kier molecular flexibility index (Phi) is 5.77. The number of aliphatic hydroxyl groups excluding tert-OH is 1. The summed E-state index contributed by atoms with van der Waals surface area (Å²) < 4.78 is 0. The number of hydrogen-bond acceptors (Lipinski definition) is 1. The molecule has 0 aliphatic heterocycles. The van der Waals surface area contributed by atoms with Gasteiger partial charge in [-0.25, -0.2) is 0 Å². The predicted octanol–water partition coefficient (Wildman–Crippen LogP) is 3.17. The normalized spacial score (nSPS) is 8.75. The average molecular weight is 187 g/mol. The van der Waals surface area contributed by atoms with Crippen LogP contribution in [0.2, 0.25) is 5.02 Å². The van der Waals surface area contributed by atoms with Crippen molar-refractivity contribution in [3.05, 3.63) is 34.3 Å². The maximum Gasteiger partial charge on any atom is 0.0684 e. The Morgan fingerprint density at radius 2 is 1.92 bits per heavy atom. The Bertz CT molecular complexity index is 233. The number of hydrogen-bond donors (Lipinski definition) is 1. The van der Waals surface area contributed by atoms with Gasteiger partial charge >= 0.3 is 0 Å². The van der Waals surface area contributed by atoms with Gasteiger partial charge in [-0.3, -0.25) is 0 Å². The van der Waals surface area contributed by atoms with E-state index < -0.39 is 0 Å². The van der Waals surface area contributed by atoms with Gasteiger partial charge in [-0.15, -0.1) is 0 Å². The Morgan fingerprint density at radius 3 is 2.33 bits per heavy atom. The number of halogens is 1. The zero-order chi connectivity index (χ0) is 9.56. The van der Waals surface area contributed by atoms with Crippen molar-refractivity contribution < 1.29 is 5.11 Å². The lowest BCUT2D eigenvalue weighted by molar-refractivity contribution is 0.281. The Balaban J connectivity index is 0.000000561. The molecule has 2 heteroatoms. The molecule has 1 aromatic rings. The molecule has 0 saturated heterocycles. The van der Waals surface area contributed by atoms with E-state index in [4.69, 9.17) is 16.7 Å². The van der Waals surface area contributed by atoms with Crippen molar-refractivity contribution in [2.24, 2.45) is 0 Å². The average Bonchev–Trinajstić information content (AvgIpc) is 2.13. The highest BCUT2D eigenvalue weighted by Crippen LogP contribution is 2.17. The van der Waals surface area contributed by atoms with Gasteiger partial charge in [0.15, 0.2) is 0 Å². The molecule has 0 aliphatic rings. The number of rotatable bonds is 1. The zero-order valence-corrected chi connectivity index (χ0v) is 8.52. The second kappa shape index (κ2) is 6.04. The van der Waals surface area contributed by atoms with Gasteiger partial charge in [-0.05, 0) is 24.1 Å². The van der Waals surface area contributed by atoms with E-state index in [9.17, 15) is 0 Å². The van der Waals surface area contributed by atoms with Crippen LogP contribution in [-0.4, -0.2) is 5.11 Å². The molecule has 0 aromatic heterocycles. The van der Waals surface area contributed by atoms with Crippen LogP contribution in [0, 0.1) is 6.92 Å². The van der Waals surface area contributed by atoms with Crippen molar-refractivity contribution in [1.29, 1.82) is 0 Å². The van der Waals surface area contributed by atoms with Gasteiger partial charge in [0.2, 0.25) is 0 Å². The Hall–Kier alpha value is -0.530. The highest BCUT2D eigenvalue weighted by atomic mass is 35.5. The maximum atomic E-state index is 8.78. The minimum atomic E-state index is 0.0619. The molecule has 0 fully saturated rings. The van der Waals surface area contributed by atoms with Gasteiger partial charge < -0.3 is 5.11 Å². The van der Waals surface area contributed by atoms with Crippen LogP contribution < -0.4 is 0 Å². The van der Waals surface area contributed by atoms with E-state index in [-0.39, 0.29) is 6.61 Å². The lowest BCUT2D eigenvalue weighted by Crippen LogP contribution is -1.87. The fraction of sp³-hybridized carbons (Fsp3) is 0.400. The lowest BCUT2D eigenvalue weighted by atomic mass is 10.1. The molecule has 0 aliphatic carbocycles. The SMILES string of the molecule is CC.Cc1c(Cl)cccc1CO. The first kappa shape index (κ1) is 11.5. The second-order valence-electron chi connectivity index (χ2n) is 2.18. The fourth-order valence-corrected chi connectivity index (χ4v) is 1.02. The molecular formula is C10H15ClO. The minimum Gasteiger partial charge on any atom is -0.392 e. The molecule has 0 amide bonds. The number of aliphatic hydroxyl groups is 1. The Labute approximate surface area is 79.0 Å². The van der Waals surface area contributed by atoms with Crippen LogP contribution in [0.15, 0.2) is 18.2 Å². The van der Waals surface area contributed by atoms with Gasteiger partial charge in [-0.2, -0.15) is 0 Å². The molecule has 1 nitrogen and oxygen atoms in total. The van der Waals surface area contributed by atoms with Crippen LogP contribution in [0.5, 0.6) is 0 Å². The molecule has 1 rings (SSSR count). The van der Waals surface area contributed by atoms with Crippen LogP contribution in [0.4, 0.5) is 0 Å². The highest BCUT2D eigenvalue weighted by molar-refractivity contribution is 6.31. The van der Waals surface area contributed by atoms with Gasteiger partial charge in [0.05, 0.1) is 6.61 Å². The van der Waals surface area contributed by atoms with E-state index >= 15 is 0 Å². The summed E-state index contributed by atoms with van der Waals surface area (Å²) in [4.78, 5) is 0. The Morgan fingerprint density at radius 1 is 1.33 bits per heavy atom. The van der Waals surface area contributed by atoms with Crippen molar-refractivity contribution in [3.8, 4) is 0 Å². The van der Waals surface area contributed by atoms with E-state index in [1.54, 1.807) is 0 Å². The highest BCUT2D eigenvalue weighted by Gasteiger charge is 1.98. The third kappa shape index (κ3) is 2.84. The summed E-state index contributed by atoms with van der Waals surface area (Å²) >= 11 is 5.78. The van der Waals surface area contributed by atoms with Gasteiger partial charge in [0, 0.05) is 5.02 Å². The molecule has 0 saturated carbocycles. The first-order valence-corrected chi connectivity index (χ1v) is 4.48. The topological polar surface area (TPSA) is 20.2 Å². The van der Waals surface area contributed by atoms with Crippen molar-refractivity contribution >= 4 is 11.6 Å². The molecule has 0 unspecified atom stereocenters. The van der Waals surface area contributed by atoms with Gasteiger partial charge in [0.25, 0.3) is 0 Å². The molecule has 0 radical (unpaired) electrons. The first-order valence-electron chi connectivity index (χ1n) is 4.10. The van der Waals surface area contributed by atoms with Crippen LogP contribution in [-0.2, 0) is 6.61 Å². The summed E-state index contributed by atoms with van der Waals surface area (Å²) in [5.74, 6) is 0. The molecule has 1 N–H and O–H groups in total. The zero-order valence-electron chi connectivity index (χ0n) is 7.76. The van der Waals surface area contributed by atoms with Crippen LogP contribution in [0.1, 0.15) is 25.0 Å². The second-order valence-corrected chi connectivity index (χ2v) is 2.59. The molecule has 68 valence electrons. The molecule has 12 heavy (non-hydrogen) atoms. The molecular weight excluding hydrogens is 172 g/mol. The molecule has 0 spiro atoms. The quantitative estimate of drug-likeness (QED) is 0.715. The standard InChI is InChI=1S/C8H9ClO.C2H6/c1-6-7(5-10)3-2-4-8(6)9;1-2/h2-4,10H,5H2,1H3;1-2H3. The van der Waals surface area contributed by atoms with Crippen LogP contribution in [0.25, 0.3) is 0 Å². The molecule has 0 heterocycles. The first-order chi connectivity index (χ1) is 5.75. The molecule has 1 aromatic carbocycles. The maximum absolute atomic E-state index is 8.78. The van der Waals surface area contributed by atoms with Crippen LogP contribution in [0.3, 0.4) is 0 Å². The summed E-state index contributed by atoms with van der Waals surface area (Å²) in [6.07, 6.45) is 0. The molecule has 0 atom stereocenters. The van der Waals surface area contributed by atoms with Crippen molar-refractivity contribution in [1.82, 2.24) is 0 Å². The number of benzene rings is 1. The minimum absolute atomic E-state index is 0.0619. The largest absolute Gasteiger partial charge is 0.392 e. The van der Waals surface area contributed by atoms with E-state index in [0.29, 0.717) is 5.02 Å². The predicted molar refractivity (Wildman–Crippen MR) is 53.5 cm³/mol. The van der Waals surface area contributed by atoms with E-state index in [0.717, 1.165) is 11.1 Å². The summed E-state index contributed by atoms with van der Waals surface area (Å²) in [7, 11) is 0. The molecule has 0 bridgehead atoms. The summed E-state index contributed by atoms with van der Waals surface area (Å²) in [6.45, 7) is 5.96. The van der Waals surface area contributed by atoms with E-state index in [2.05, 4.69) is 0 Å².